The van der Waals surface area contributed by atoms with E-state index in [1.165, 1.54) is 0 Å². The van der Waals surface area contributed by atoms with Gasteiger partial charge in [0.05, 0.1) is 7.11 Å². The zero-order valence-electron chi connectivity index (χ0n) is 8.53. The minimum Gasteiger partial charge on any atom is -0.497 e. The molecule has 0 spiro atoms. The van der Waals surface area contributed by atoms with Crippen LogP contribution in [0.25, 0.3) is 0 Å². The van der Waals surface area contributed by atoms with Crippen molar-refractivity contribution in [1.82, 2.24) is 5.32 Å². The van der Waals surface area contributed by atoms with Gasteiger partial charge in [-0.05, 0) is 30.0 Å². The number of nitrogens with one attached hydrogen (secondary N) is 1. The van der Waals surface area contributed by atoms with Crippen molar-refractivity contribution >= 4 is 0 Å². The van der Waals surface area contributed by atoms with Crippen molar-refractivity contribution < 1.29 is 4.74 Å². The molecule has 76 valence electrons. The predicted molar refractivity (Wildman–Crippen MR) is 58.1 cm³/mol. The molecule has 1 aromatic carbocycles. The number of methoxy groups -OCH3 is 1. The summed E-state index contributed by atoms with van der Waals surface area (Å²) in [5, 5.41) is 2.91. The van der Waals surface area contributed by atoms with Gasteiger partial charge in [-0.3, -0.25) is 0 Å². The van der Waals surface area contributed by atoms with E-state index in [-0.39, 0.29) is 6.04 Å². The van der Waals surface area contributed by atoms with E-state index in [1.54, 1.807) is 7.11 Å². The van der Waals surface area contributed by atoms with Crippen LogP contribution in [0.4, 0.5) is 0 Å². The normalized spacial score (nSPS) is 12.8. The van der Waals surface area contributed by atoms with E-state index in [4.69, 9.17) is 10.5 Å². The molecule has 3 N–H and O–H groups in total. The molecule has 0 amide bonds. The molecule has 0 radical (unpaired) electrons. The molecule has 0 aliphatic heterocycles. The summed E-state index contributed by atoms with van der Waals surface area (Å²) < 4.78 is 5.06. The number of nitrogens with two attached hydrogens (primary N) is 1. The Labute approximate surface area is 84.6 Å². The number of rotatable bonds is 4. The van der Waals surface area contributed by atoms with Gasteiger partial charge in [0.2, 0.25) is 0 Å². The van der Waals surface area contributed by atoms with E-state index in [0.29, 0.717) is 0 Å². The smallest absolute Gasteiger partial charge is 0.118 e. The van der Waals surface area contributed by atoms with Gasteiger partial charge in [-0.1, -0.05) is 12.1 Å². The summed E-state index contributed by atoms with van der Waals surface area (Å²) >= 11 is 0. The lowest BCUT2D eigenvalue weighted by Crippen LogP contribution is -2.08. The molecule has 1 unspecified atom stereocenters. The molecule has 1 aromatic rings. The van der Waals surface area contributed by atoms with Crippen molar-refractivity contribution in [1.29, 1.82) is 0 Å². The highest BCUT2D eigenvalue weighted by Gasteiger charge is 2.00. The van der Waals surface area contributed by atoms with Crippen LogP contribution in [0.15, 0.2) is 36.5 Å². The Kier molecular flexibility index (Phi) is 4.01. The molecule has 1 atom stereocenters. The average Bonchev–Trinajstić information content (AvgIpc) is 2.26. The van der Waals surface area contributed by atoms with Crippen LogP contribution in [0.1, 0.15) is 11.6 Å². The predicted octanol–water partition coefficient (Wildman–Crippen LogP) is 1.43. The van der Waals surface area contributed by atoms with Crippen molar-refractivity contribution in [3.8, 4) is 5.75 Å². The fraction of sp³-hybridized carbons (Fsp3) is 0.273. The molecule has 1 rings (SSSR count). The van der Waals surface area contributed by atoms with E-state index in [2.05, 4.69) is 5.32 Å². The second-order valence-electron chi connectivity index (χ2n) is 2.95. The number of hydrogen-bond donors (Lipinski definition) is 2. The summed E-state index contributed by atoms with van der Waals surface area (Å²) in [4.78, 5) is 0. The summed E-state index contributed by atoms with van der Waals surface area (Å²) in [6.07, 6.45) is 3.73. The lowest BCUT2D eigenvalue weighted by Gasteiger charge is -2.07. The Morgan fingerprint density at radius 3 is 2.50 bits per heavy atom. The summed E-state index contributed by atoms with van der Waals surface area (Å²) in [6.45, 7) is 0. The van der Waals surface area contributed by atoms with Gasteiger partial charge >= 0.3 is 0 Å². The van der Waals surface area contributed by atoms with E-state index >= 15 is 0 Å². The largest absolute Gasteiger partial charge is 0.497 e. The summed E-state index contributed by atoms with van der Waals surface area (Å²) in [7, 11) is 3.49. The molecule has 0 aliphatic carbocycles. The van der Waals surface area contributed by atoms with Gasteiger partial charge in [-0.15, -0.1) is 0 Å². The molecule has 14 heavy (non-hydrogen) atoms. The quantitative estimate of drug-likeness (QED) is 0.758. The molecule has 0 saturated heterocycles. The fourth-order valence-electron chi connectivity index (χ4n) is 1.14. The molecule has 0 bridgehead atoms. The van der Waals surface area contributed by atoms with Crippen LogP contribution >= 0.6 is 0 Å². The molecule has 0 heterocycles. The molecule has 0 fully saturated rings. The first-order chi connectivity index (χ1) is 6.77. The van der Waals surface area contributed by atoms with E-state index in [0.717, 1.165) is 11.3 Å². The first-order valence-electron chi connectivity index (χ1n) is 4.51. The summed E-state index contributed by atoms with van der Waals surface area (Å²) in [5.41, 5.74) is 6.97. The second-order valence-corrected chi connectivity index (χ2v) is 2.95. The van der Waals surface area contributed by atoms with Gasteiger partial charge in [0.25, 0.3) is 0 Å². The zero-order valence-corrected chi connectivity index (χ0v) is 8.53. The van der Waals surface area contributed by atoms with E-state index < -0.39 is 0 Å². The van der Waals surface area contributed by atoms with Gasteiger partial charge in [-0.2, -0.15) is 0 Å². The van der Waals surface area contributed by atoms with Crippen molar-refractivity contribution in [2.45, 2.75) is 6.04 Å². The average molecular weight is 192 g/mol. The van der Waals surface area contributed by atoms with Gasteiger partial charge in [0, 0.05) is 13.1 Å². The van der Waals surface area contributed by atoms with Crippen LogP contribution in [0, 0.1) is 0 Å². The lowest BCUT2D eigenvalue weighted by atomic mass is 10.1. The van der Waals surface area contributed by atoms with Gasteiger partial charge in [0.1, 0.15) is 5.75 Å². The molecule has 3 nitrogen and oxygen atoms in total. The van der Waals surface area contributed by atoms with Crippen molar-refractivity contribution in [3.05, 3.63) is 42.1 Å². The Morgan fingerprint density at radius 2 is 2.00 bits per heavy atom. The Bertz CT molecular complexity index is 293. The minimum atomic E-state index is -0.0756. The highest BCUT2D eigenvalue weighted by atomic mass is 16.5. The van der Waals surface area contributed by atoms with Crippen LogP contribution < -0.4 is 15.8 Å². The number of hydrogen-bond acceptors (Lipinski definition) is 3. The molecule has 0 saturated carbocycles. The van der Waals surface area contributed by atoms with E-state index in [9.17, 15) is 0 Å². The SMILES string of the molecule is CN/C=C\C(N)c1ccc(OC)cc1. The minimum absolute atomic E-state index is 0.0756. The molecular formula is C11H16N2O. The first-order valence-corrected chi connectivity index (χ1v) is 4.51. The lowest BCUT2D eigenvalue weighted by molar-refractivity contribution is 0.414. The van der Waals surface area contributed by atoms with Crippen molar-refractivity contribution in [2.24, 2.45) is 5.73 Å². The molecular weight excluding hydrogens is 176 g/mol. The molecule has 3 heteroatoms. The first kappa shape index (κ1) is 10.6. The molecule has 0 aromatic heterocycles. The number of benzene rings is 1. The van der Waals surface area contributed by atoms with Crippen LogP contribution in [0.3, 0.4) is 0 Å². The van der Waals surface area contributed by atoms with Crippen LogP contribution in [0.5, 0.6) is 5.75 Å². The highest BCUT2D eigenvalue weighted by molar-refractivity contribution is 5.30. The van der Waals surface area contributed by atoms with E-state index in [1.807, 2.05) is 43.6 Å². The monoisotopic (exact) mass is 192 g/mol. The maximum absolute atomic E-state index is 5.90. The van der Waals surface area contributed by atoms with Crippen LogP contribution in [0.2, 0.25) is 0 Å². The maximum Gasteiger partial charge on any atom is 0.118 e. The highest BCUT2D eigenvalue weighted by Crippen LogP contribution is 2.16. The summed E-state index contributed by atoms with van der Waals surface area (Å²) in [5.74, 6) is 0.846. The van der Waals surface area contributed by atoms with Crippen LogP contribution in [-0.2, 0) is 0 Å². The molecule has 0 aliphatic rings. The van der Waals surface area contributed by atoms with Crippen LogP contribution in [-0.4, -0.2) is 14.2 Å². The fourth-order valence-corrected chi connectivity index (χ4v) is 1.14. The Balaban J connectivity index is 2.71. The van der Waals surface area contributed by atoms with Gasteiger partial charge in [0.15, 0.2) is 0 Å². The van der Waals surface area contributed by atoms with Crippen molar-refractivity contribution in [3.63, 3.8) is 0 Å². The zero-order chi connectivity index (χ0) is 10.4. The number of ether oxygens (including phenoxy) is 1. The van der Waals surface area contributed by atoms with Gasteiger partial charge in [-0.25, -0.2) is 0 Å². The third-order valence-electron chi connectivity index (χ3n) is 1.97. The third kappa shape index (κ3) is 2.78. The Hall–Kier alpha value is -1.48. The third-order valence-corrected chi connectivity index (χ3v) is 1.97. The van der Waals surface area contributed by atoms with Crippen molar-refractivity contribution in [2.75, 3.05) is 14.2 Å². The topological polar surface area (TPSA) is 47.3 Å². The second kappa shape index (κ2) is 5.29. The summed E-state index contributed by atoms with van der Waals surface area (Å²) in [6, 6.07) is 7.66. The maximum atomic E-state index is 5.90. The standard InChI is InChI=1S/C11H16N2O/c1-13-8-7-11(12)9-3-5-10(14-2)6-4-9/h3-8,11,13H,12H2,1-2H3/b8-7-. The van der Waals surface area contributed by atoms with Gasteiger partial charge < -0.3 is 15.8 Å². The Morgan fingerprint density at radius 1 is 1.36 bits per heavy atom.